The van der Waals surface area contributed by atoms with Gasteiger partial charge in [0.15, 0.2) is 0 Å². The van der Waals surface area contributed by atoms with Crippen molar-refractivity contribution in [2.45, 2.75) is 0 Å². The van der Waals surface area contributed by atoms with Gasteiger partial charge in [-0.3, -0.25) is 0 Å². The molecule has 0 amide bonds. The Hall–Kier alpha value is -0.0800. The first-order valence-corrected chi connectivity index (χ1v) is 2.02. The zero-order valence-electron chi connectivity index (χ0n) is 8.86. The van der Waals surface area contributed by atoms with Gasteiger partial charge in [0, 0.05) is 2.74 Å². The molecule has 0 bridgehead atoms. The fourth-order valence-electron chi connectivity index (χ4n) is 0.137. The fourth-order valence-corrected chi connectivity index (χ4v) is 0.137. The van der Waals surface area contributed by atoms with Gasteiger partial charge in [0.2, 0.25) is 0 Å². The maximum atomic E-state index is 10.7. The van der Waals surface area contributed by atoms with Crippen molar-refractivity contribution in [1.82, 2.24) is 0 Å². The van der Waals surface area contributed by atoms with Crippen LogP contribution in [-0.2, 0) is 0 Å². The Bertz CT molecular complexity index is 130. The van der Waals surface area contributed by atoms with Crippen LogP contribution < -0.4 is 5.11 Å². The van der Waals surface area contributed by atoms with Gasteiger partial charge < -0.3 is 9.59 Å². The largest absolute Gasteiger partial charge is 0.850 e. The molecule has 0 N–H and O–H groups in total. The van der Waals surface area contributed by atoms with Crippen LogP contribution in [-0.4, -0.2) is 38.7 Å². The molecule has 44 valence electrons. The summed E-state index contributed by atoms with van der Waals surface area (Å²) in [5.74, 6) is 0. The van der Waals surface area contributed by atoms with Gasteiger partial charge in [0.1, 0.15) is 0 Å². The highest BCUT2D eigenvalue weighted by Crippen LogP contribution is 1.83. The molecule has 0 heterocycles. The first-order valence-electron chi connectivity index (χ1n) is 4.02. The van der Waals surface area contributed by atoms with Crippen molar-refractivity contribution < 1.29 is 15.1 Å². The Labute approximate surface area is 50.6 Å². The minimum Gasteiger partial charge on any atom is -0.850 e. The molecule has 0 aromatic heterocycles. The lowest BCUT2D eigenvalue weighted by Gasteiger charge is -2.25. The van der Waals surface area contributed by atoms with Gasteiger partial charge in [-0.2, -0.15) is 0 Å². The molecule has 0 aliphatic rings. The first-order chi connectivity index (χ1) is 4.50. The predicted octanol–water partition coefficient (Wildman–Crippen LogP) is -0.947. The lowest BCUT2D eigenvalue weighted by Crippen LogP contribution is -2.39. The molecule has 2 nitrogen and oxygen atoms in total. The third-order valence-electron chi connectivity index (χ3n) is 0.381. The molecule has 0 radical (unpaired) electrons. The van der Waals surface area contributed by atoms with Gasteiger partial charge in [0.25, 0.3) is 0 Å². The van der Waals surface area contributed by atoms with Crippen LogP contribution in [0.1, 0.15) is 5.48 Å². The minimum absolute atomic E-state index is 0.344. The van der Waals surface area contributed by atoms with E-state index in [9.17, 15) is 5.11 Å². The molecule has 0 spiro atoms. The summed E-state index contributed by atoms with van der Waals surface area (Å²) in [7, 11) is 4.32. The normalized spacial score (nSPS) is 24.6. The average Bonchev–Trinajstić information content (AvgIpc) is 1.58. The summed E-state index contributed by atoms with van der Waals surface area (Å²) < 4.78 is 27.4. The monoisotopic (exact) mass is 108 g/mol. The third-order valence-corrected chi connectivity index (χ3v) is 0.381. The van der Waals surface area contributed by atoms with E-state index in [4.69, 9.17) is 5.48 Å². The summed E-state index contributed by atoms with van der Waals surface area (Å²) in [5, 5.41) is 10.7. The second kappa shape index (κ2) is 2.28. The molecule has 0 saturated heterocycles. The Morgan fingerprint density at radius 2 is 2.00 bits per heavy atom. The average molecular weight is 108 g/mol. The van der Waals surface area contributed by atoms with Crippen molar-refractivity contribution >= 4 is 0 Å². The van der Waals surface area contributed by atoms with Gasteiger partial charge in [0.05, 0.1) is 30.4 Å². The van der Waals surface area contributed by atoms with Crippen molar-refractivity contribution in [3.63, 3.8) is 0 Å². The highest BCUT2D eigenvalue weighted by molar-refractivity contribution is 4.17. The number of hydrogen-bond donors (Lipinski definition) is 0. The Balaban J connectivity index is 4.75. The second-order valence-electron chi connectivity index (χ2n) is 2.23. The molecule has 0 aromatic carbocycles. The van der Waals surface area contributed by atoms with Gasteiger partial charge in [-0.05, 0) is 0 Å². The SMILES string of the molecule is [2H]C([2H])([O-])[13C]([2H])([2H])[N+](C)(C)C. The molecule has 0 atom stereocenters. The third kappa shape index (κ3) is 5.92. The fraction of sp³-hybridized carbons (Fsp3) is 1.00. The maximum Gasteiger partial charge on any atom is 0.0909 e. The zero-order valence-corrected chi connectivity index (χ0v) is 4.86. The number of hydrogen-bond acceptors (Lipinski definition) is 1. The van der Waals surface area contributed by atoms with Gasteiger partial charge in [-0.15, -0.1) is 0 Å². The Morgan fingerprint density at radius 3 is 2.00 bits per heavy atom. The van der Waals surface area contributed by atoms with E-state index in [0.717, 1.165) is 0 Å². The summed E-state index contributed by atoms with van der Waals surface area (Å²) in [6, 6.07) is 0. The second-order valence-corrected chi connectivity index (χ2v) is 2.23. The van der Waals surface area contributed by atoms with Gasteiger partial charge in [-0.25, -0.2) is 0 Å². The van der Waals surface area contributed by atoms with Crippen molar-refractivity contribution in [2.75, 3.05) is 34.2 Å². The minimum atomic E-state index is -3.06. The van der Waals surface area contributed by atoms with E-state index in [0.29, 0.717) is 0 Å². The predicted molar refractivity (Wildman–Crippen MR) is 27.8 cm³/mol. The number of quaternary nitrogens is 1. The lowest BCUT2D eigenvalue weighted by molar-refractivity contribution is -0.875. The Morgan fingerprint density at radius 1 is 1.57 bits per heavy atom. The van der Waals surface area contributed by atoms with Crippen molar-refractivity contribution in [3.05, 3.63) is 0 Å². The summed E-state index contributed by atoms with van der Waals surface area (Å²) >= 11 is 0. The number of nitrogens with zero attached hydrogens (tertiary/aromatic N) is 1. The molecular formula is C5H13NO. The van der Waals surface area contributed by atoms with Crippen LogP contribution >= 0.6 is 0 Å². The molecule has 0 aliphatic carbocycles. The first kappa shape index (κ1) is 2.46. The summed E-state index contributed by atoms with van der Waals surface area (Å²) in [6.07, 6.45) is 0. The smallest absolute Gasteiger partial charge is 0.0909 e. The highest BCUT2D eigenvalue weighted by Gasteiger charge is 1.99. The van der Waals surface area contributed by atoms with Crippen LogP contribution in [0.4, 0.5) is 0 Å². The van der Waals surface area contributed by atoms with E-state index in [1.807, 2.05) is 0 Å². The number of likely N-dealkylation sites (N-methyl/N-ethyl adjacent to an activating group) is 1. The van der Waals surface area contributed by atoms with E-state index in [1.54, 1.807) is 0 Å². The van der Waals surface area contributed by atoms with E-state index < -0.39 is 13.1 Å². The maximum absolute atomic E-state index is 10.7. The Kier molecular flexibility index (Phi) is 0.804. The lowest BCUT2D eigenvalue weighted by atomic mass is 10.8. The van der Waals surface area contributed by atoms with Gasteiger partial charge in [-0.1, -0.05) is 6.56 Å². The van der Waals surface area contributed by atoms with Crippen LogP contribution in [0.15, 0.2) is 0 Å². The summed E-state index contributed by atoms with van der Waals surface area (Å²) in [6.45, 7) is -5.47. The van der Waals surface area contributed by atoms with Gasteiger partial charge >= 0.3 is 0 Å². The van der Waals surface area contributed by atoms with Crippen LogP contribution in [0, 0.1) is 0 Å². The van der Waals surface area contributed by atoms with E-state index in [2.05, 4.69) is 0 Å². The topological polar surface area (TPSA) is 23.1 Å². The van der Waals surface area contributed by atoms with E-state index in [-0.39, 0.29) is 4.48 Å². The van der Waals surface area contributed by atoms with Crippen LogP contribution in [0.5, 0.6) is 0 Å². The molecule has 7 heavy (non-hydrogen) atoms. The van der Waals surface area contributed by atoms with Crippen LogP contribution in [0.2, 0.25) is 0 Å². The molecule has 0 fully saturated rings. The molecule has 0 saturated carbocycles. The quantitative estimate of drug-likeness (QED) is 0.330. The van der Waals surface area contributed by atoms with E-state index in [1.165, 1.54) is 21.1 Å². The summed E-state index contributed by atoms with van der Waals surface area (Å²) in [4.78, 5) is 0. The molecule has 0 unspecified atom stereocenters. The standard InChI is InChI=1S/C5H13NO/c1-6(2,3)4-5-7/h4-5H2,1-3H3/i4+1D2,5D2. The van der Waals surface area contributed by atoms with E-state index >= 15 is 0 Å². The van der Waals surface area contributed by atoms with Crippen LogP contribution in [0.3, 0.4) is 0 Å². The number of rotatable bonds is 2. The molecule has 0 aliphatic heterocycles. The highest BCUT2D eigenvalue weighted by atomic mass is 16.3. The van der Waals surface area contributed by atoms with Crippen molar-refractivity contribution in [2.24, 2.45) is 0 Å². The molecular weight excluding hydrogens is 91.1 g/mol. The molecule has 0 aromatic rings. The molecule has 2 heteroatoms. The molecule has 0 rings (SSSR count). The van der Waals surface area contributed by atoms with Crippen molar-refractivity contribution in [3.8, 4) is 0 Å². The zero-order chi connectivity index (χ0) is 9.50. The summed E-state index contributed by atoms with van der Waals surface area (Å²) in [5.41, 5.74) is 0. The van der Waals surface area contributed by atoms with Crippen LogP contribution in [0.25, 0.3) is 0 Å². The van der Waals surface area contributed by atoms with Crippen molar-refractivity contribution in [1.29, 1.82) is 0 Å².